The van der Waals surface area contributed by atoms with Crippen LogP contribution in [0.5, 0.6) is 0 Å². The largest absolute Gasteiger partial charge is 0.466 e. The minimum Gasteiger partial charge on any atom is -0.466 e. The molecule has 5 rings (SSSR count). The lowest BCUT2D eigenvalue weighted by atomic mass is 9.98. The van der Waals surface area contributed by atoms with E-state index in [1.54, 1.807) is 37.5 Å². The Morgan fingerprint density at radius 3 is 2.72 bits per heavy atom. The molecular formula is C35H42N6O5S. The van der Waals surface area contributed by atoms with Crippen LogP contribution in [-0.4, -0.2) is 78.9 Å². The SMILES string of the molecule is CCOC(=O)C1CCCN(CCC[S@@](=O)(=NC(=O)c2cncc(-c3cccc(NC(=O)c4cc(C)nn4C)c3)c2)C2C=CC=CC2)C1. The van der Waals surface area contributed by atoms with Crippen molar-refractivity contribution in [1.82, 2.24) is 19.7 Å². The Labute approximate surface area is 276 Å². The van der Waals surface area contributed by atoms with Gasteiger partial charge in [-0.15, -0.1) is 0 Å². The smallest absolute Gasteiger partial charge is 0.310 e. The van der Waals surface area contributed by atoms with E-state index < -0.39 is 15.6 Å². The van der Waals surface area contributed by atoms with Gasteiger partial charge in [0.2, 0.25) is 0 Å². The second kappa shape index (κ2) is 15.4. The van der Waals surface area contributed by atoms with Gasteiger partial charge in [0.1, 0.15) is 5.69 Å². The zero-order valence-corrected chi connectivity index (χ0v) is 27.9. The predicted molar refractivity (Wildman–Crippen MR) is 182 cm³/mol. The summed E-state index contributed by atoms with van der Waals surface area (Å²) >= 11 is 0. The molecule has 3 atom stereocenters. The normalized spacial score (nSPS) is 19.1. The molecule has 2 aliphatic rings. The van der Waals surface area contributed by atoms with E-state index in [0.29, 0.717) is 49.5 Å². The summed E-state index contributed by atoms with van der Waals surface area (Å²) < 4.78 is 25.6. The Morgan fingerprint density at radius 1 is 1.13 bits per heavy atom. The van der Waals surface area contributed by atoms with E-state index in [1.807, 2.05) is 50.3 Å². The first-order valence-corrected chi connectivity index (χ1v) is 17.8. The van der Waals surface area contributed by atoms with E-state index in [-0.39, 0.29) is 34.4 Å². The standard InChI is InChI=1S/C35H42N6O5S/c1-4-46-35(44)27-12-9-16-41(24-27)17-10-18-47(45,31-14-6-5-7-15-31)39-33(42)29-20-28(22-36-23-29)26-11-8-13-30(21-26)37-34(43)32-19-25(2)38-40(32)3/h5-8,11,13-14,19-23,27,31H,4,9-10,12,15-18,24H2,1-3H3,(H,37,43)/t27?,31?,47-/m0/s1. The van der Waals surface area contributed by atoms with Gasteiger partial charge in [-0.25, -0.2) is 4.21 Å². The molecule has 248 valence electrons. The lowest BCUT2D eigenvalue weighted by Gasteiger charge is -2.31. The Balaban J connectivity index is 1.31. The number of ether oxygens (including phenoxy) is 1. The summed E-state index contributed by atoms with van der Waals surface area (Å²) in [5.74, 6) is -0.913. The molecular weight excluding hydrogens is 616 g/mol. The molecule has 3 heterocycles. The molecule has 47 heavy (non-hydrogen) atoms. The first-order chi connectivity index (χ1) is 22.6. The maximum Gasteiger partial charge on any atom is 0.310 e. The lowest BCUT2D eigenvalue weighted by Crippen LogP contribution is -2.40. The number of esters is 1. The van der Waals surface area contributed by atoms with Gasteiger partial charge in [-0.2, -0.15) is 9.46 Å². The molecule has 3 aromatic rings. The number of aryl methyl sites for hydroxylation is 2. The molecule has 1 aromatic carbocycles. The number of benzene rings is 1. The second-order valence-corrected chi connectivity index (χ2v) is 14.5. The Bertz CT molecular complexity index is 1800. The Morgan fingerprint density at radius 2 is 1.98 bits per heavy atom. The fourth-order valence-corrected chi connectivity index (χ4v) is 8.21. The molecule has 11 nitrogen and oxygen atoms in total. The van der Waals surface area contributed by atoms with Crippen molar-refractivity contribution in [2.75, 3.05) is 37.3 Å². The van der Waals surface area contributed by atoms with Crippen LogP contribution in [0.2, 0.25) is 0 Å². The number of nitrogens with zero attached hydrogens (tertiary/aromatic N) is 5. The molecule has 12 heteroatoms. The molecule has 1 aliphatic carbocycles. The second-order valence-electron chi connectivity index (χ2n) is 11.9. The van der Waals surface area contributed by atoms with E-state index in [2.05, 4.69) is 24.7 Å². The fourth-order valence-electron chi connectivity index (χ4n) is 6.00. The number of anilines is 1. The number of rotatable bonds is 11. The van der Waals surface area contributed by atoms with Crippen molar-refractivity contribution < 1.29 is 23.3 Å². The number of allylic oxidation sites excluding steroid dienone is 3. The van der Waals surface area contributed by atoms with E-state index in [1.165, 1.54) is 10.9 Å². The van der Waals surface area contributed by atoms with Crippen LogP contribution in [0.15, 0.2) is 77.5 Å². The molecule has 1 saturated heterocycles. The van der Waals surface area contributed by atoms with Crippen LogP contribution in [0, 0.1) is 12.8 Å². The number of hydrogen-bond donors (Lipinski definition) is 1. The van der Waals surface area contributed by atoms with Gasteiger partial charge in [0, 0.05) is 43.0 Å². The number of nitrogens with one attached hydrogen (secondary N) is 1. The number of carbonyl (C=O) groups excluding carboxylic acids is 3. The number of pyridine rings is 1. The van der Waals surface area contributed by atoms with Crippen LogP contribution in [0.1, 0.15) is 59.1 Å². The summed E-state index contributed by atoms with van der Waals surface area (Å²) in [6, 6.07) is 10.7. The van der Waals surface area contributed by atoms with E-state index >= 15 is 0 Å². The molecule has 2 amide bonds. The maximum atomic E-state index is 14.4. The number of amides is 2. The predicted octanol–water partition coefficient (Wildman–Crippen LogP) is 5.20. The van der Waals surface area contributed by atoms with Crippen molar-refractivity contribution in [2.24, 2.45) is 17.3 Å². The van der Waals surface area contributed by atoms with Crippen molar-refractivity contribution >= 4 is 33.2 Å². The first-order valence-electron chi connectivity index (χ1n) is 16.0. The highest BCUT2D eigenvalue weighted by molar-refractivity contribution is 7.94. The molecule has 0 radical (unpaired) electrons. The third-order valence-corrected chi connectivity index (χ3v) is 11.0. The van der Waals surface area contributed by atoms with Gasteiger partial charge in [0.15, 0.2) is 0 Å². The molecule has 0 spiro atoms. The molecule has 0 saturated carbocycles. The van der Waals surface area contributed by atoms with Gasteiger partial charge < -0.3 is 15.0 Å². The van der Waals surface area contributed by atoms with Gasteiger partial charge >= 0.3 is 5.97 Å². The number of hydrogen-bond acceptors (Lipinski definition) is 8. The van der Waals surface area contributed by atoms with Crippen molar-refractivity contribution in [3.8, 4) is 11.1 Å². The number of piperidine rings is 1. The van der Waals surface area contributed by atoms with Crippen LogP contribution in [0.25, 0.3) is 11.1 Å². The Kier molecular flexibility index (Phi) is 11.2. The minimum atomic E-state index is -2.97. The first kappa shape index (κ1) is 33.9. The Hall–Kier alpha value is -4.42. The third kappa shape index (κ3) is 8.69. The zero-order chi connectivity index (χ0) is 33.4. The van der Waals surface area contributed by atoms with E-state index in [0.717, 1.165) is 30.6 Å². The van der Waals surface area contributed by atoms with Crippen molar-refractivity contribution in [3.05, 3.63) is 90.0 Å². The van der Waals surface area contributed by atoms with Crippen molar-refractivity contribution in [3.63, 3.8) is 0 Å². The summed E-state index contributed by atoms with van der Waals surface area (Å²) in [4.78, 5) is 45.2. The van der Waals surface area contributed by atoms with Crippen molar-refractivity contribution in [1.29, 1.82) is 0 Å². The van der Waals surface area contributed by atoms with Gasteiger partial charge in [-0.1, -0.05) is 36.4 Å². The summed E-state index contributed by atoms with van der Waals surface area (Å²) in [7, 11) is -1.25. The monoisotopic (exact) mass is 658 g/mol. The van der Waals surface area contributed by atoms with Gasteiger partial charge in [0.05, 0.1) is 38.8 Å². The molecule has 1 N–H and O–H groups in total. The van der Waals surface area contributed by atoms with Gasteiger partial charge in [-0.3, -0.25) is 24.0 Å². The lowest BCUT2D eigenvalue weighted by molar-refractivity contribution is -0.149. The van der Waals surface area contributed by atoms with Crippen LogP contribution in [0.4, 0.5) is 5.69 Å². The molecule has 2 unspecified atom stereocenters. The highest BCUT2D eigenvalue weighted by atomic mass is 32.2. The van der Waals surface area contributed by atoms with Gasteiger partial charge in [0.25, 0.3) is 11.8 Å². The number of aromatic nitrogens is 3. The van der Waals surface area contributed by atoms with Crippen LogP contribution >= 0.6 is 0 Å². The summed E-state index contributed by atoms with van der Waals surface area (Å²) in [5.41, 5.74) is 3.40. The maximum absolute atomic E-state index is 14.4. The molecule has 1 fully saturated rings. The van der Waals surface area contributed by atoms with E-state index in [9.17, 15) is 18.6 Å². The van der Waals surface area contributed by atoms with E-state index in [4.69, 9.17) is 4.74 Å². The summed E-state index contributed by atoms with van der Waals surface area (Å²) in [6.45, 7) is 6.15. The number of carbonyl (C=O) groups is 3. The highest BCUT2D eigenvalue weighted by Gasteiger charge is 2.28. The quantitative estimate of drug-likeness (QED) is 0.278. The van der Waals surface area contributed by atoms with Gasteiger partial charge in [-0.05, 0) is 82.4 Å². The van der Waals surface area contributed by atoms with Crippen LogP contribution in [0.3, 0.4) is 0 Å². The van der Waals surface area contributed by atoms with Crippen LogP contribution < -0.4 is 5.32 Å². The fraction of sp³-hybridized carbons (Fsp3) is 0.400. The summed E-state index contributed by atoms with van der Waals surface area (Å²) in [6.07, 6.45) is 13.5. The highest BCUT2D eigenvalue weighted by Crippen LogP contribution is 2.25. The summed E-state index contributed by atoms with van der Waals surface area (Å²) in [5, 5.41) is 6.75. The topological polar surface area (TPSA) is 136 Å². The van der Waals surface area contributed by atoms with Crippen molar-refractivity contribution in [2.45, 2.75) is 44.8 Å². The third-order valence-electron chi connectivity index (χ3n) is 8.36. The average molecular weight is 659 g/mol. The number of likely N-dealkylation sites (tertiary alicyclic amines) is 1. The average Bonchev–Trinajstić information content (AvgIpc) is 3.43. The molecule has 0 bridgehead atoms. The van der Waals surface area contributed by atoms with Crippen LogP contribution in [-0.2, 0) is 26.3 Å². The molecule has 1 aliphatic heterocycles. The molecule has 2 aromatic heterocycles. The minimum absolute atomic E-state index is 0.146. The zero-order valence-electron chi connectivity index (χ0n) is 27.1.